The van der Waals surface area contributed by atoms with Crippen LogP contribution in [0.25, 0.3) is 5.69 Å². The summed E-state index contributed by atoms with van der Waals surface area (Å²) < 4.78 is 39.0. The largest absolute Gasteiger partial charge is 0.416 e. The first kappa shape index (κ1) is 13.4. The van der Waals surface area contributed by atoms with Crippen LogP contribution in [0.5, 0.6) is 0 Å². The average molecular weight is 331 g/mol. The minimum absolute atomic E-state index is 0.0873. The van der Waals surface area contributed by atoms with Crippen LogP contribution in [0.1, 0.15) is 11.3 Å². The van der Waals surface area contributed by atoms with Crippen molar-refractivity contribution in [1.82, 2.24) is 9.78 Å². The SMILES string of the molecule is N#Cc1cc(N)n(-c2ccc(C(F)(F)F)cc2Br)n1. The molecular formula is C11H6BrF3N4. The molecule has 19 heavy (non-hydrogen) atoms. The molecule has 1 aromatic carbocycles. The number of halogens is 4. The summed E-state index contributed by atoms with van der Waals surface area (Å²) in [5, 5.41) is 12.6. The molecule has 0 unspecified atom stereocenters. The first-order valence-corrected chi connectivity index (χ1v) is 5.75. The molecule has 0 amide bonds. The molecule has 0 fully saturated rings. The van der Waals surface area contributed by atoms with Gasteiger partial charge >= 0.3 is 6.18 Å². The minimum Gasteiger partial charge on any atom is -0.384 e. The van der Waals surface area contributed by atoms with Crippen molar-refractivity contribution in [1.29, 1.82) is 5.26 Å². The number of nitrogens with two attached hydrogens (primary N) is 1. The quantitative estimate of drug-likeness (QED) is 0.873. The molecule has 0 bridgehead atoms. The van der Waals surface area contributed by atoms with Crippen molar-refractivity contribution in [2.45, 2.75) is 6.18 Å². The van der Waals surface area contributed by atoms with Gasteiger partial charge in [0, 0.05) is 10.5 Å². The third kappa shape index (κ3) is 2.56. The summed E-state index contributed by atoms with van der Waals surface area (Å²) in [5.74, 6) is 0.164. The molecule has 0 aliphatic carbocycles. The lowest BCUT2D eigenvalue weighted by Gasteiger charge is -2.10. The van der Waals surface area contributed by atoms with Crippen molar-refractivity contribution in [3.05, 3.63) is 40.0 Å². The molecule has 0 aliphatic heterocycles. The second-order valence-corrected chi connectivity index (χ2v) is 4.50. The molecule has 0 saturated carbocycles. The minimum atomic E-state index is -4.42. The zero-order chi connectivity index (χ0) is 14.2. The van der Waals surface area contributed by atoms with Gasteiger partial charge in [-0.25, -0.2) is 4.68 Å². The van der Waals surface area contributed by atoms with E-state index in [-0.39, 0.29) is 16.0 Å². The van der Waals surface area contributed by atoms with Gasteiger partial charge in [-0.1, -0.05) is 0 Å². The maximum atomic E-state index is 12.5. The first-order valence-electron chi connectivity index (χ1n) is 4.95. The number of benzene rings is 1. The van der Waals surface area contributed by atoms with Crippen LogP contribution in [0.2, 0.25) is 0 Å². The molecule has 2 N–H and O–H groups in total. The third-order valence-electron chi connectivity index (χ3n) is 2.35. The van der Waals surface area contributed by atoms with E-state index < -0.39 is 11.7 Å². The fourth-order valence-electron chi connectivity index (χ4n) is 1.50. The second-order valence-electron chi connectivity index (χ2n) is 3.64. The molecule has 1 heterocycles. The van der Waals surface area contributed by atoms with Crippen molar-refractivity contribution in [2.75, 3.05) is 5.73 Å². The highest BCUT2D eigenvalue weighted by atomic mass is 79.9. The van der Waals surface area contributed by atoms with Crippen LogP contribution < -0.4 is 5.73 Å². The summed E-state index contributed by atoms with van der Waals surface area (Å²) in [6, 6.07) is 6.23. The maximum Gasteiger partial charge on any atom is 0.416 e. The Labute approximate surface area is 114 Å². The molecule has 0 aliphatic rings. The van der Waals surface area contributed by atoms with Gasteiger partial charge in [0.1, 0.15) is 11.9 Å². The molecule has 0 spiro atoms. The summed E-state index contributed by atoms with van der Waals surface area (Å²) in [6.07, 6.45) is -4.42. The number of nitrogens with zero attached hydrogens (tertiary/aromatic N) is 3. The lowest BCUT2D eigenvalue weighted by molar-refractivity contribution is -0.137. The molecule has 1 aromatic heterocycles. The number of hydrogen-bond donors (Lipinski definition) is 1. The number of aromatic nitrogens is 2. The van der Waals surface area contributed by atoms with Gasteiger partial charge in [-0.15, -0.1) is 0 Å². The van der Waals surface area contributed by atoms with Gasteiger partial charge in [-0.05, 0) is 34.1 Å². The second kappa shape index (κ2) is 4.59. The molecule has 0 saturated heterocycles. The number of anilines is 1. The van der Waals surface area contributed by atoms with E-state index in [1.807, 2.05) is 0 Å². The van der Waals surface area contributed by atoms with Crippen molar-refractivity contribution in [2.24, 2.45) is 0 Å². The Bertz CT molecular complexity index is 670. The Morgan fingerprint density at radius 1 is 1.32 bits per heavy atom. The van der Waals surface area contributed by atoms with Crippen LogP contribution in [-0.2, 0) is 6.18 Å². The van der Waals surface area contributed by atoms with Gasteiger partial charge in [-0.3, -0.25) is 0 Å². The highest BCUT2D eigenvalue weighted by molar-refractivity contribution is 9.10. The van der Waals surface area contributed by atoms with Gasteiger partial charge in [0.05, 0.1) is 11.3 Å². The monoisotopic (exact) mass is 330 g/mol. The Morgan fingerprint density at radius 3 is 2.47 bits per heavy atom. The predicted molar refractivity (Wildman–Crippen MR) is 65.4 cm³/mol. The molecule has 8 heteroatoms. The molecule has 0 atom stereocenters. The number of hydrogen-bond acceptors (Lipinski definition) is 3. The van der Waals surface area contributed by atoms with Gasteiger partial charge in [0.25, 0.3) is 0 Å². The smallest absolute Gasteiger partial charge is 0.384 e. The first-order chi connectivity index (χ1) is 8.82. The van der Waals surface area contributed by atoms with E-state index in [4.69, 9.17) is 11.0 Å². The Balaban J connectivity index is 2.53. The van der Waals surface area contributed by atoms with E-state index in [1.54, 1.807) is 6.07 Å². The lowest BCUT2D eigenvalue weighted by atomic mass is 10.2. The Morgan fingerprint density at radius 2 is 2.00 bits per heavy atom. The van der Waals surface area contributed by atoms with Crippen LogP contribution in [0, 0.1) is 11.3 Å². The molecule has 0 radical (unpaired) electrons. The number of rotatable bonds is 1. The number of nitrogen functional groups attached to an aromatic ring is 1. The maximum absolute atomic E-state index is 12.5. The third-order valence-corrected chi connectivity index (χ3v) is 2.99. The van der Waals surface area contributed by atoms with Crippen molar-refractivity contribution in [3.63, 3.8) is 0 Å². The Kier molecular flexibility index (Phi) is 3.24. The van der Waals surface area contributed by atoms with Crippen LogP contribution >= 0.6 is 15.9 Å². The highest BCUT2D eigenvalue weighted by Gasteiger charge is 2.31. The summed E-state index contributed by atoms with van der Waals surface area (Å²) in [4.78, 5) is 0. The van der Waals surface area contributed by atoms with Crippen molar-refractivity contribution >= 4 is 21.7 Å². The molecular weight excluding hydrogens is 325 g/mol. The van der Waals surface area contributed by atoms with Crippen LogP contribution in [0.15, 0.2) is 28.7 Å². The molecule has 4 nitrogen and oxygen atoms in total. The van der Waals surface area contributed by atoms with E-state index in [2.05, 4.69) is 21.0 Å². The fraction of sp³-hybridized carbons (Fsp3) is 0.0909. The van der Waals surface area contributed by atoms with E-state index >= 15 is 0 Å². The molecule has 2 aromatic rings. The van der Waals surface area contributed by atoms with Crippen LogP contribution in [0.4, 0.5) is 19.0 Å². The fourth-order valence-corrected chi connectivity index (χ4v) is 2.04. The van der Waals surface area contributed by atoms with Gasteiger partial charge in [0.2, 0.25) is 0 Å². The normalized spacial score (nSPS) is 11.3. The Hall–Kier alpha value is -2.01. The van der Waals surface area contributed by atoms with E-state index in [0.29, 0.717) is 5.69 Å². The van der Waals surface area contributed by atoms with Crippen LogP contribution in [-0.4, -0.2) is 9.78 Å². The standard InChI is InChI=1S/C11H6BrF3N4/c12-8-3-6(11(13,14)15)1-2-9(8)19-10(17)4-7(5-16)18-19/h1-4H,17H2. The van der Waals surface area contributed by atoms with E-state index in [1.165, 1.54) is 16.8 Å². The lowest BCUT2D eigenvalue weighted by Crippen LogP contribution is -2.07. The number of nitriles is 1. The van der Waals surface area contributed by atoms with Gasteiger partial charge in [-0.2, -0.15) is 23.5 Å². The van der Waals surface area contributed by atoms with Gasteiger partial charge in [0.15, 0.2) is 5.69 Å². The zero-order valence-electron chi connectivity index (χ0n) is 9.24. The van der Waals surface area contributed by atoms with Crippen LogP contribution in [0.3, 0.4) is 0 Å². The molecule has 98 valence electrons. The van der Waals surface area contributed by atoms with E-state index in [0.717, 1.165) is 12.1 Å². The highest BCUT2D eigenvalue weighted by Crippen LogP contribution is 2.33. The van der Waals surface area contributed by atoms with Crippen molar-refractivity contribution in [3.8, 4) is 11.8 Å². The molecule has 2 rings (SSSR count). The van der Waals surface area contributed by atoms with E-state index in [9.17, 15) is 13.2 Å². The zero-order valence-corrected chi connectivity index (χ0v) is 10.8. The van der Waals surface area contributed by atoms with Gasteiger partial charge < -0.3 is 5.73 Å². The summed E-state index contributed by atoms with van der Waals surface area (Å²) in [6.45, 7) is 0. The summed E-state index contributed by atoms with van der Waals surface area (Å²) in [5.41, 5.74) is 5.28. The summed E-state index contributed by atoms with van der Waals surface area (Å²) >= 11 is 3.04. The number of alkyl halides is 3. The summed E-state index contributed by atoms with van der Waals surface area (Å²) in [7, 11) is 0. The van der Waals surface area contributed by atoms with Crippen molar-refractivity contribution < 1.29 is 13.2 Å². The topological polar surface area (TPSA) is 67.6 Å². The predicted octanol–water partition coefficient (Wildman–Crippen LogP) is 3.11. The average Bonchev–Trinajstić information content (AvgIpc) is 2.69.